The molecule has 2 aromatic rings. The molecule has 24 heavy (non-hydrogen) atoms. The molecule has 0 unspecified atom stereocenters. The monoisotopic (exact) mass is 326 g/mol. The van der Waals surface area contributed by atoms with Gasteiger partial charge in [0.1, 0.15) is 5.82 Å². The Hall–Kier alpha value is -2.89. The SMILES string of the molecule is Cc1cccc(C(=O)NCCC(=O)Nc2ccc(N(C)C)nc2)c1. The highest BCUT2D eigenvalue weighted by Gasteiger charge is 2.07. The summed E-state index contributed by atoms with van der Waals surface area (Å²) in [6.45, 7) is 2.21. The van der Waals surface area contributed by atoms with E-state index in [0.29, 0.717) is 11.3 Å². The van der Waals surface area contributed by atoms with Crippen molar-refractivity contribution in [1.29, 1.82) is 0 Å². The van der Waals surface area contributed by atoms with E-state index in [0.717, 1.165) is 11.4 Å². The lowest BCUT2D eigenvalue weighted by atomic mass is 10.1. The van der Waals surface area contributed by atoms with Crippen LogP contribution in [0.2, 0.25) is 0 Å². The maximum atomic E-state index is 12.0. The molecule has 0 atom stereocenters. The van der Waals surface area contributed by atoms with Gasteiger partial charge in [0.2, 0.25) is 5.91 Å². The maximum Gasteiger partial charge on any atom is 0.251 e. The van der Waals surface area contributed by atoms with Crippen molar-refractivity contribution < 1.29 is 9.59 Å². The first-order chi connectivity index (χ1) is 11.5. The second kappa shape index (κ2) is 8.10. The fourth-order valence-corrected chi connectivity index (χ4v) is 2.13. The molecule has 0 saturated heterocycles. The van der Waals surface area contributed by atoms with Crippen molar-refractivity contribution in [2.75, 3.05) is 30.9 Å². The van der Waals surface area contributed by atoms with Crippen LogP contribution in [0.1, 0.15) is 22.3 Å². The second-order valence-electron chi connectivity index (χ2n) is 5.72. The van der Waals surface area contributed by atoms with E-state index >= 15 is 0 Å². The number of amides is 2. The number of nitrogens with zero attached hydrogens (tertiary/aromatic N) is 2. The third-order valence-corrected chi connectivity index (χ3v) is 3.41. The third-order valence-electron chi connectivity index (χ3n) is 3.41. The second-order valence-corrected chi connectivity index (χ2v) is 5.72. The molecule has 1 aromatic heterocycles. The fourth-order valence-electron chi connectivity index (χ4n) is 2.13. The van der Waals surface area contributed by atoms with Crippen molar-refractivity contribution in [2.24, 2.45) is 0 Å². The minimum atomic E-state index is -0.177. The fraction of sp³-hybridized carbons (Fsp3) is 0.278. The Balaban J connectivity index is 1.78. The predicted octanol–water partition coefficient (Wildman–Crippen LogP) is 2.21. The lowest BCUT2D eigenvalue weighted by Gasteiger charge is -2.11. The van der Waals surface area contributed by atoms with Gasteiger partial charge in [-0.15, -0.1) is 0 Å². The lowest BCUT2D eigenvalue weighted by Crippen LogP contribution is -2.27. The molecule has 0 aliphatic carbocycles. The summed E-state index contributed by atoms with van der Waals surface area (Å²) in [5.41, 5.74) is 2.25. The molecule has 0 saturated carbocycles. The van der Waals surface area contributed by atoms with E-state index in [1.165, 1.54) is 0 Å². The number of anilines is 2. The minimum Gasteiger partial charge on any atom is -0.363 e. The van der Waals surface area contributed by atoms with Crippen LogP contribution < -0.4 is 15.5 Å². The molecule has 0 aliphatic heterocycles. The molecule has 1 aromatic carbocycles. The van der Waals surface area contributed by atoms with E-state index in [1.54, 1.807) is 18.3 Å². The Kier molecular flexibility index (Phi) is 5.89. The molecular formula is C18H22N4O2. The smallest absolute Gasteiger partial charge is 0.251 e. The van der Waals surface area contributed by atoms with Gasteiger partial charge in [-0.05, 0) is 31.2 Å². The molecule has 0 fully saturated rings. The molecule has 0 aliphatic rings. The van der Waals surface area contributed by atoms with Crippen LogP contribution in [0.3, 0.4) is 0 Å². The standard InChI is InChI=1S/C18H22N4O2/c1-13-5-4-6-14(11-13)18(24)19-10-9-17(23)21-15-7-8-16(20-12-15)22(2)3/h4-8,11-12H,9-10H2,1-3H3,(H,19,24)(H,21,23). The lowest BCUT2D eigenvalue weighted by molar-refractivity contribution is -0.116. The maximum absolute atomic E-state index is 12.0. The summed E-state index contributed by atoms with van der Waals surface area (Å²) >= 11 is 0. The van der Waals surface area contributed by atoms with Crippen molar-refractivity contribution in [3.05, 3.63) is 53.7 Å². The number of carbonyl (C=O) groups is 2. The molecule has 2 amide bonds. The van der Waals surface area contributed by atoms with Crippen molar-refractivity contribution >= 4 is 23.3 Å². The summed E-state index contributed by atoms with van der Waals surface area (Å²) in [6.07, 6.45) is 1.81. The van der Waals surface area contributed by atoms with Crippen LogP contribution >= 0.6 is 0 Å². The van der Waals surface area contributed by atoms with E-state index in [2.05, 4.69) is 15.6 Å². The summed E-state index contributed by atoms with van der Waals surface area (Å²) < 4.78 is 0. The molecule has 6 nitrogen and oxygen atoms in total. The summed E-state index contributed by atoms with van der Waals surface area (Å²) in [5.74, 6) is 0.473. The largest absolute Gasteiger partial charge is 0.363 e. The zero-order chi connectivity index (χ0) is 17.5. The molecule has 126 valence electrons. The van der Waals surface area contributed by atoms with Gasteiger partial charge in [-0.1, -0.05) is 17.7 Å². The first-order valence-corrected chi connectivity index (χ1v) is 7.74. The van der Waals surface area contributed by atoms with Crippen molar-refractivity contribution in [3.63, 3.8) is 0 Å². The Bertz CT molecular complexity index is 711. The quantitative estimate of drug-likeness (QED) is 0.853. The zero-order valence-electron chi connectivity index (χ0n) is 14.2. The number of benzene rings is 1. The number of pyridine rings is 1. The molecule has 1 heterocycles. The van der Waals surface area contributed by atoms with Gasteiger partial charge in [-0.3, -0.25) is 9.59 Å². The van der Waals surface area contributed by atoms with E-state index < -0.39 is 0 Å². The first kappa shape index (κ1) is 17.5. The van der Waals surface area contributed by atoms with Crippen LogP contribution in [0.5, 0.6) is 0 Å². The summed E-state index contributed by atoms with van der Waals surface area (Å²) in [6, 6.07) is 11.0. The van der Waals surface area contributed by atoms with E-state index in [9.17, 15) is 9.59 Å². The summed E-state index contributed by atoms with van der Waals surface area (Å²) in [7, 11) is 3.80. The van der Waals surface area contributed by atoms with Gasteiger partial charge in [0.05, 0.1) is 11.9 Å². The predicted molar refractivity (Wildman–Crippen MR) is 95.3 cm³/mol. The Morgan fingerprint density at radius 2 is 1.96 bits per heavy atom. The Morgan fingerprint density at radius 3 is 2.58 bits per heavy atom. The number of carbonyl (C=O) groups excluding carboxylic acids is 2. The molecule has 0 radical (unpaired) electrons. The van der Waals surface area contributed by atoms with Gasteiger partial charge >= 0.3 is 0 Å². The van der Waals surface area contributed by atoms with Crippen molar-refractivity contribution in [1.82, 2.24) is 10.3 Å². The van der Waals surface area contributed by atoms with Crippen molar-refractivity contribution in [2.45, 2.75) is 13.3 Å². The highest BCUT2D eigenvalue weighted by Crippen LogP contribution is 2.11. The Labute approximate surface area is 141 Å². The topological polar surface area (TPSA) is 74.3 Å². The van der Waals surface area contributed by atoms with Crippen LogP contribution in [0, 0.1) is 6.92 Å². The van der Waals surface area contributed by atoms with Gasteiger partial charge in [0.25, 0.3) is 5.91 Å². The van der Waals surface area contributed by atoms with Crippen LogP contribution in [0.4, 0.5) is 11.5 Å². The molecule has 0 spiro atoms. The molecule has 0 bridgehead atoms. The van der Waals surface area contributed by atoms with Gasteiger partial charge in [0.15, 0.2) is 0 Å². The van der Waals surface area contributed by atoms with Gasteiger partial charge in [-0.25, -0.2) is 4.98 Å². The summed E-state index contributed by atoms with van der Waals surface area (Å²) in [4.78, 5) is 30.0. The minimum absolute atomic E-state index is 0.168. The number of aromatic nitrogens is 1. The molecular weight excluding hydrogens is 304 g/mol. The van der Waals surface area contributed by atoms with Crippen LogP contribution in [0.15, 0.2) is 42.6 Å². The number of rotatable bonds is 6. The van der Waals surface area contributed by atoms with Gasteiger partial charge < -0.3 is 15.5 Å². The van der Waals surface area contributed by atoms with Crippen molar-refractivity contribution in [3.8, 4) is 0 Å². The normalized spacial score (nSPS) is 10.1. The zero-order valence-corrected chi connectivity index (χ0v) is 14.2. The average Bonchev–Trinajstić information content (AvgIpc) is 2.55. The number of aryl methyl sites for hydroxylation is 1. The number of nitrogens with one attached hydrogen (secondary N) is 2. The Morgan fingerprint density at radius 1 is 1.17 bits per heavy atom. The molecule has 2 rings (SSSR count). The number of hydrogen-bond acceptors (Lipinski definition) is 4. The van der Waals surface area contributed by atoms with E-state index in [-0.39, 0.29) is 24.8 Å². The molecule has 6 heteroatoms. The van der Waals surface area contributed by atoms with Gasteiger partial charge in [0, 0.05) is 32.6 Å². The van der Waals surface area contributed by atoms with Crippen LogP contribution in [0.25, 0.3) is 0 Å². The third kappa shape index (κ3) is 5.08. The highest BCUT2D eigenvalue weighted by molar-refractivity contribution is 5.95. The van der Waals surface area contributed by atoms with E-state index in [4.69, 9.17) is 0 Å². The number of hydrogen-bond donors (Lipinski definition) is 2. The average molecular weight is 326 g/mol. The first-order valence-electron chi connectivity index (χ1n) is 7.74. The van der Waals surface area contributed by atoms with Crippen LogP contribution in [-0.2, 0) is 4.79 Å². The van der Waals surface area contributed by atoms with Gasteiger partial charge in [-0.2, -0.15) is 0 Å². The molecule has 2 N–H and O–H groups in total. The van der Waals surface area contributed by atoms with E-state index in [1.807, 2.05) is 50.2 Å². The highest BCUT2D eigenvalue weighted by atomic mass is 16.2. The summed E-state index contributed by atoms with van der Waals surface area (Å²) in [5, 5.41) is 5.50. The van der Waals surface area contributed by atoms with Crippen LogP contribution in [-0.4, -0.2) is 37.4 Å².